The molecule has 9 amide bonds. The average Bonchev–Trinajstić information content (AvgIpc) is 3.96. The summed E-state index contributed by atoms with van der Waals surface area (Å²) in [5.74, 6) is -8.30. The second kappa shape index (κ2) is 28.7. The number of pyridine rings is 4. The van der Waals surface area contributed by atoms with Crippen molar-refractivity contribution < 1.29 is 73.6 Å². The molecule has 0 spiro atoms. The lowest BCUT2D eigenvalue weighted by atomic mass is 10.1. The Bertz CT molecular complexity index is 3350. The van der Waals surface area contributed by atoms with Crippen LogP contribution in [0.25, 0.3) is 0 Å². The summed E-state index contributed by atoms with van der Waals surface area (Å²) in [7, 11) is 0. The predicted octanol–water partition coefficient (Wildman–Crippen LogP) is -1.81. The first-order valence-electron chi connectivity index (χ1n) is 26.0. The van der Waals surface area contributed by atoms with Crippen LogP contribution in [0.15, 0.2) is 79.8 Å². The van der Waals surface area contributed by atoms with E-state index < -0.39 is 128 Å². The zero-order chi connectivity index (χ0) is 59.6. The molecule has 4 aromatic rings. The van der Waals surface area contributed by atoms with Gasteiger partial charge in [-0.3, -0.25) is 62.3 Å². The fraction of sp³-hybridized carbons (Fsp3) is 0.412. The summed E-state index contributed by atoms with van der Waals surface area (Å²) < 4.78 is 0.164. The number of nitrogens with zero attached hydrogens (tertiary/aromatic N) is 7. The molecule has 31 heteroatoms. The van der Waals surface area contributed by atoms with Gasteiger partial charge in [-0.1, -0.05) is 12.1 Å². The number of nitrogens with one attached hydrogen (secondary N) is 5. The molecule has 1 fully saturated rings. The van der Waals surface area contributed by atoms with Crippen LogP contribution in [0.1, 0.15) is 140 Å². The third kappa shape index (κ3) is 15.8. The molecule has 438 valence electrons. The van der Waals surface area contributed by atoms with Crippen LogP contribution in [0.5, 0.6) is 0 Å². The molecular formula is C51H60N12O19. The van der Waals surface area contributed by atoms with Gasteiger partial charge in [0.2, 0.25) is 5.91 Å². The van der Waals surface area contributed by atoms with Crippen LogP contribution in [-0.4, -0.2) is 172 Å². The normalized spacial score (nSPS) is 16.4. The minimum Gasteiger partial charge on any atom is -0.425 e. The molecule has 4 aliphatic heterocycles. The van der Waals surface area contributed by atoms with E-state index in [4.69, 9.17) is 4.84 Å². The number of imide groups is 1. The summed E-state index contributed by atoms with van der Waals surface area (Å²) in [5.41, 5.74) is -7.72. The van der Waals surface area contributed by atoms with Crippen molar-refractivity contribution in [3.05, 3.63) is 136 Å². The molecule has 1 atom stereocenters. The minimum absolute atomic E-state index is 0.0271. The standard InChI is InChI=1S/C51H60N12O19/c64-38(13-7-16-43(69)82-63-41(67)21-22-42(63)68)52-23-2-1-10-31-30-55-46(72)34-19-17-32(48(74)61(34)80)44(70)53-24-8-28-57(50(76)36-11-5-14-39(65)59(36)78)26-3-4-27-58(51(77)37-12-6-15-40(66)60(37)79)29-9-25-54-45(71)33-18-20-35(47(73)56-31)62(81)49(33)75/h5-6,11-12,14-15,17-20,31,78-81H,1-4,7-10,13,16,21-30H2,(H,52,64)(H,53,70)(H,54,71)(H,55,72)(H,56,73)/t31-/m0/s1. The van der Waals surface area contributed by atoms with E-state index in [1.165, 1.54) is 34.1 Å². The van der Waals surface area contributed by atoms with Gasteiger partial charge in [0.05, 0.1) is 0 Å². The first-order valence-corrected chi connectivity index (χ1v) is 26.0. The number of unbranched alkanes of at least 4 members (excludes halogenated alkanes) is 1. The van der Waals surface area contributed by atoms with E-state index in [1.54, 1.807) is 0 Å². The van der Waals surface area contributed by atoms with E-state index >= 15 is 0 Å². The fourth-order valence-corrected chi connectivity index (χ4v) is 8.55. The number of aromatic nitrogens is 4. The minimum atomic E-state index is -1.32. The lowest BCUT2D eigenvalue weighted by Crippen LogP contribution is -2.46. The molecule has 82 heavy (non-hydrogen) atoms. The second-order valence-corrected chi connectivity index (χ2v) is 18.8. The van der Waals surface area contributed by atoms with Crippen LogP contribution in [0.3, 0.4) is 0 Å². The Labute approximate surface area is 463 Å². The fourth-order valence-electron chi connectivity index (χ4n) is 8.55. The Hall–Kier alpha value is -10.1. The van der Waals surface area contributed by atoms with Crippen molar-refractivity contribution in [2.24, 2.45) is 0 Å². The van der Waals surface area contributed by atoms with Crippen molar-refractivity contribution in [3.8, 4) is 0 Å². The van der Waals surface area contributed by atoms with E-state index in [9.17, 15) is 88.0 Å². The summed E-state index contributed by atoms with van der Waals surface area (Å²) in [5, 5.41) is 55.6. The molecule has 8 heterocycles. The van der Waals surface area contributed by atoms with E-state index in [1.807, 2.05) is 0 Å². The smallest absolute Gasteiger partial charge is 0.333 e. The van der Waals surface area contributed by atoms with Crippen LogP contribution >= 0.6 is 0 Å². The van der Waals surface area contributed by atoms with E-state index in [-0.39, 0.29) is 142 Å². The molecule has 0 radical (unpaired) electrons. The van der Waals surface area contributed by atoms with Gasteiger partial charge in [0.25, 0.3) is 69.5 Å². The molecule has 0 saturated carbocycles. The first-order chi connectivity index (χ1) is 39.2. The summed E-state index contributed by atoms with van der Waals surface area (Å²) in [6.45, 7) is -0.966. The lowest BCUT2D eigenvalue weighted by molar-refractivity contribution is -0.197. The van der Waals surface area contributed by atoms with Gasteiger partial charge in [-0.25, -0.2) is 4.79 Å². The Kier molecular flexibility index (Phi) is 21.4. The maximum absolute atomic E-state index is 13.8. The number of hydrogen-bond acceptors (Lipinski definition) is 19. The maximum Gasteiger partial charge on any atom is 0.333 e. The van der Waals surface area contributed by atoms with Crippen molar-refractivity contribution in [2.45, 2.75) is 83.1 Å². The van der Waals surface area contributed by atoms with Crippen LogP contribution in [0, 0.1) is 0 Å². The molecule has 9 N–H and O–H groups in total. The Balaban J connectivity index is 1.18. The third-order valence-corrected chi connectivity index (χ3v) is 13.0. The number of hydrogen-bond donors (Lipinski definition) is 9. The number of carbonyl (C=O) groups excluding carboxylic acids is 10. The van der Waals surface area contributed by atoms with Crippen LogP contribution in [-0.2, 0) is 24.0 Å². The molecular weight excluding hydrogens is 1080 g/mol. The molecule has 4 bridgehead atoms. The molecule has 8 rings (SSSR count). The Morgan fingerprint density at radius 2 is 1.02 bits per heavy atom. The molecule has 1 saturated heterocycles. The SMILES string of the molecule is O=C(CCCC(=O)ON1C(=O)CCC1=O)NCCCC[C@H]1CNC(=O)c2ccc(c(=O)n2O)C(=O)NCCCN(C(=O)c2cccc(=O)n2O)CCCCN(C(=O)c2cccc(=O)n2O)CCCNC(=O)c2ccc(n(O)c2=O)C(=O)N1. The van der Waals surface area contributed by atoms with Crippen molar-refractivity contribution in [1.82, 2.24) is 60.4 Å². The third-order valence-electron chi connectivity index (χ3n) is 13.0. The summed E-state index contributed by atoms with van der Waals surface area (Å²) in [4.78, 5) is 188. The van der Waals surface area contributed by atoms with Gasteiger partial charge in [0.1, 0.15) is 33.9 Å². The topological polar surface area (TPSA) is 419 Å². The van der Waals surface area contributed by atoms with Gasteiger partial charge >= 0.3 is 5.97 Å². The van der Waals surface area contributed by atoms with Crippen molar-refractivity contribution in [3.63, 3.8) is 0 Å². The largest absolute Gasteiger partial charge is 0.425 e. The summed E-state index contributed by atoms with van der Waals surface area (Å²) in [6, 6.07) is 9.80. The average molecular weight is 1150 g/mol. The molecule has 0 aliphatic carbocycles. The molecule has 31 nitrogen and oxygen atoms in total. The number of carbonyl (C=O) groups is 10. The first kappa shape index (κ1) is 61.1. The predicted molar refractivity (Wildman–Crippen MR) is 278 cm³/mol. The molecule has 0 unspecified atom stereocenters. The van der Waals surface area contributed by atoms with E-state index in [0.717, 1.165) is 36.4 Å². The molecule has 4 aliphatic rings. The van der Waals surface area contributed by atoms with Gasteiger partial charge in [0.15, 0.2) is 0 Å². The van der Waals surface area contributed by atoms with Crippen molar-refractivity contribution in [1.29, 1.82) is 0 Å². The number of hydroxylamine groups is 2. The van der Waals surface area contributed by atoms with Gasteiger partial charge < -0.3 is 62.1 Å². The molecule has 0 aromatic carbocycles. The Morgan fingerprint density at radius 1 is 0.537 bits per heavy atom. The van der Waals surface area contributed by atoms with Gasteiger partial charge in [-0.05, 0) is 87.8 Å². The van der Waals surface area contributed by atoms with Crippen LogP contribution < -0.4 is 48.8 Å². The van der Waals surface area contributed by atoms with Crippen molar-refractivity contribution >= 4 is 59.1 Å². The highest BCUT2D eigenvalue weighted by atomic mass is 16.7. The maximum atomic E-state index is 13.8. The highest BCUT2D eigenvalue weighted by Gasteiger charge is 2.33. The Morgan fingerprint density at radius 3 is 1.54 bits per heavy atom. The van der Waals surface area contributed by atoms with Crippen LogP contribution in [0.4, 0.5) is 0 Å². The highest BCUT2D eigenvalue weighted by molar-refractivity contribution is 6.02. The molecule has 4 aromatic heterocycles. The zero-order valence-corrected chi connectivity index (χ0v) is 44.0. The van der Waals surface area contributed by atoms with E-state index in [2.05, 4.69) is 26.6 Å². The highest BCUT2D eigenvalue weighted by Crippen LogP contribution is 2.14. The lowest BCUT2D eigenvalue weighted by Gasteiger charge is -2.26. The second-order valence-electron chi connectivity index (χ2n) is 18.8. The van der Waals surface area contributed by atoms with Gasteiger partial charge in [0, 0.05) is 96.2 Å². The van der Waals surface area contributed by atoms with Crippen LogP contribution in [0.2, 0.25) is 0 Å². The quantitative estimate of drug-likeness (QED) is 0.0429. The van der Waals surface area contributed by atoms with Gasteiger partial charge in [-0.2, -0.15) is 0 Å². The number of rotatable bonds is 12. The number of amides is 9. The van der Waals surface area contributed by atoms with Gasteiger partial charge in [-0.15, -0.1) is 24.0 Å². The monoisotopic (exact) mass is 1140 g/mol. The number of fused-ring (bicyclic) bond motifs is 2. The van der Waals surface area contributed by atoms with Crippen molar-refractivity contribution in [2.75, 3.05) is 52.4 Å². The van der Waals surface area contributed by atoms with E-state index in [0.29, 0.717) is 5.06 Å². The summed E-state index contributed by atoms with van der Waals surface area (Å²) in [6.07, 6.45) is 0.477. The summed E-state index contributed by atoms with van der Waals surface area (Å²) >= 11 is 0. The zero-order valence-electron chi connectivity index (χ0n) is 44.0.